The van der Waals surface area contributed by atoms with Gasteiger partial charge in [-0.25, -0.2) is 9.37 Å². The van der Waals surface area contributed by atoms with Crippen LogP contribution in [0.3, 0.4) is 0 Å². The second-order valence-corrected chi connectivity index (χ2v) is 9.64. The van der Waals surface area contributed by atoms with Gasteiger partial charge in [0.05, 0.1) is 6.07 Å². The molecule has 36 heavy (non-hydrogen) atoms. The topological polar surface area (TPSA) is 99.0 Å². The van der Waals surface area contributed by atoms with E-state index < -0.39 is 17.1 Å². The van der Waals surface area contributed by atoms with E-state index in [0.29, 0.717) is 35.5 Å². The molecular formula is C28H26FN5O2. The van der Waals surface area contributed by atoms with Gasteiger partial charge in [0, 0.05) is 41.9 Å². The minimum atomic E-state index is -0.957. The Morgan fingerprint density at radius 1 is 1.17 bits per heavy atom. The Balaban J connectivity index is 1.33. The maximum Gasteiger partial charge on any atom is 0.270 e. The van der Waals surface area contributed by atoms with Crippen molar-refractivity contribution in [2.24, 2.45) is 11.3 Å². The molecule has 0 unspecified atom stereocenters. The zero-order chi connectivity index (χ0) is 25.4. The summed E-state index contributed by atoms with van der Waals surface area (Å²) in [5, 5.41) is 12.6. The third-order valence-electron chi connectivity index (χ3n) is 6.97. The van der Waals surface area contributed by atoms with E-state index in [1.54, 1.807) is 30.2 Å². The molecule has 0 bridgehead atoms. The van der Waals surface area contributed by atoms with Crippen LogP contribution in [0.25, 0.3) is 11.1 Å². The van der Waals surface area contributed by atoms with E-state index >= 15 is 0 Å². The maximum absolute atomic E-state index is 14.3. The molecule has 1 N–H and O–H groups in total. The number of rotatable bonds is 6. The molecule has 7 nitrogen and oxygen atoms in total. The Kier molecular flexibility index (Phi) is 6.00. The van der Waals surface area contributed by atoms with Crippen LogP contribution >= 0.6 is 0 Å². The Morgan fingerprint density at radius 3 is 2.67 bits per heavy atom. The number of hydrogen-bond donors (Lipinski definition) is 1. The number of aryl methyl sites for hydroxylation is 2. The molecule has 5 rings (SSSR count). The fourth-order valence-corrected chi connectivity index (χ4v) is 4.89. The fraction of sp³-hybridized carbons (Fsp3) is 0.321. The first-order chi connectivity index (χ1) is 17.3. The van der Waals surface area contributed by atoms with Crippen LogP contribution in [-0.2, 0) is 11.3 Å². The van der Waals surface area contributed by atoms with Crippen LogP contribution in [0.5, 0.6) is 0 Å². The molecule has 0 spiro atoms. The van der Waals surface area contributed by atoms with Gasteiger partial charge in [-0.15, -0.1) is 0 Å². The number of nitrogens with one attached hydrogen (secondary N) is 1. The number of nitrogens with zero attached hydrogens (tertiary/aromatic N) is 4. The summed E-state index contributed by atoms with van der Waals surface area (Å²) in [7, 11) is 0. The summed E-state index contributed by atoms with van der Waals surface area (Å²) < 4.78 is 14.3. The van der Waals surface area contributed by atoms with Crippen LogP contribution in [-0.4, -0.2) is 28.3 Å². The van der Waals surface area contributed by atoms with Crippen LogP contribution in [0.2, 0.25) is 0 Å². The lowest BCUT2D eigenvalue weighted by molar-refractivity contribution is -0.123. The molecule has 1 saturated heterocycles. The molecule has 2 amide bonds. The van der Waals surface area contributed by atoms with E-state index in [1.807, 2.05) is 25.1 Å². The molecule has 1 atom stereocenters. The third kappa shape index (κ3) is 4.44. The van der Waals surface area contributed by atoms with Crippen LogP contribution in [0.15, 0.2) is 48.7 Å². The highest BCUT2D eigenvalue weighted by molar-refractivity contribution is 6.03. The zero-order valence-corrected chi connectivity index (χ0v) is 20.2. The Bertz CT molecular complexity index is 1390. The Morgan fingerprint density at radius 2 is 1.97 bits per heavy atom. The smallest absolute Gasteiger partial charge is 0.270 e. The van der Waals surface area contributed by atoms with E-state index in [4.69, 9.17) is 0 Å². The molecule has 8 heteroatoms. The lowest BCUT2D eigenvalue weighted by Gasteiger charge is -2.21. The minimum Gasteiger partial charge on any atom is -0.347 e. The van der Waals surface area contributed by atoms with E-state index in [-0.39, 0.29) is 24.1 Å². The van der Waals surface area contributed by atoms with Crippen molar-refractivity contribution in [3.63, 3.8) is 0 Å². The number of anilines is 1. The summed E-state index contributed by atoms with van der Waals surface area (Å²) in [5.74, 6) is -0.902. The molecule has 2 aromatic heterocycles. The molecule has 3 heterocycles. The van der Waals surface area contributed by atoms with Crippen LogP contribution < -0.4 is 10.2 Å². The van der Waals surface area contributed by atoms with Gasteiger partial charge in [0.15, 0.2) is 0 Å². The van der Waals surface area contributed by atoms with Gasteiger partial charge < -0.3 is 10.2 Å². The van der Waals surface area contributed by atoms with Crippen molar-refractivity contribution in [3.8, 4) is 17.2 Å². The van der Waals surface area contributed by atoms with E-state index in [0.717, 1.165) is 24.1 Å². The fourth-order valence-electron chi connectivity index (χ4n) is 4.89. The largest absolute Gasteiger partial charge is 0.347 e. The van der Waals surface area contributed by atoms with Gasteiger partial charge in [-0.2, -0.15) is 5.26 Å². The highest BCUT2D eigenvalue weighted by Crippen LogP contribution is 2.51. The number of carbonyl (C=O) groups is 2. The average Bonchev–Trinajstić information content (AvgIpc) is 3.66. The summed E-state index contributed by atoms with van der Waals surface area (Å²) >= 11 is 0. The first-order valence-electron chi connectivity index (χ1n) is 12.0. The molecule has 3 aromatic rings. The van der Waals surface area contributed by atoms with Crippen LogP contribution in [0.4, 0.5) is 10.1 Å². The van der Waals surface area contributed by atoms with Crippen molar-refractivity contribution in [1.29, 1.82) is 5.26 Å². The lowest BCUT2D eigenvalue weighted by Crippen LogP contribution is -2.35. The summed E-state index contributed by atoms with van der Waals surface area (Å²) in [4.78, 5) is 36.4. The van der Waals surface area contributed by atoms with Crippen LogP contribution in [0, 0.1) is 42.3 Å². The highest BCUT2D eigenvalue weighted by atomic mass is 19.1. The molecule has 1 aromatic carbocycles. The number of pyridine rings is 2. The monoisotopic (exact) mass is 483 g/mol. The predicted molar refractivity (Wildman–Crippen MR) is 132 cm³/mol. The number of benzene rings is 1. The van der Waals surface area contributed by atoms with Crippen molar-refractivity contribution >= 4 is 17.5 Å². The summed E-state index contributed by atoms with van der Waals surface area (Å²) in [6, 6.07) is 14.0. The molecule has 0 radical (unpaired) electrons. The van der Waals surface area contributed by atoms with Gasteiger partial charge in [0.25, 0.3) is 5.91 Å². The van der Waals surface area contributed by atoms with Crippen molar-refractivity contribution < 1.29 is 14.0 Å². The first kappa shape index (κ1) is 23.6. The van der Waals surface area contributed by atoms with E-state index in [2.05, 4.69) is 21.4 Å². The first-order valence-corrected chi connectivity index (χ1v) is 12.0. The van der Waals surface area contributed by atoms with Crippen molar-refractivity contribution in [1.82, 2.24) is 15.3 Å². The zero-order valence-electron chi connectivity index (χ0n) is 20.2. The second-order valence-electron chi connectivity index (χ2n) is 9.64. The van der Waals surface area contributed by atoms with Crippen molar-refractivity contribution in [2.75, 3.05) is 11.4 Å². The number of aromatic nitrogens is 2. The number of amides is 2. The number of nitriles is 1. The quantitative estimate of drug-likeness (QED) is 0.557. The van der Waals surface area contributed by atoms with Gasteiger partial charge in [-0.05, 0) is 86.6 Å². The van der Waals surface area contributed by atoms with Gasteiger partial charge >= 0.3 is 0 Å². The summed E-state index contributed by atoms with van der Waals surface area (Å²) in [6.45, 7) is 4.18. The normalized spacial score (nSPS) is 19.3. The molecule has 1 aliphatic heterocycles. The Labute approximate surface area is 209 Å². The lowest BCUT2D eigenvalue weighted by atomic mass is 9.83. The van der Waals surface area contributed by atoms with E-state index in [9.17, 15) is 19.2 Å². The number of carbonyl (C=O) groups excluding carboxylic acids is 2. The maximum atomic E-state index is 14.3. The highest BCUT2D eigenvalue weighted by Gasteiger charge is 2.56. The Hall–Kier alpha value is -4.12. The van der Waals surface area contributed by atoms with Gasteiger partial charge in [0.1, 0.15) is 16.9 Å². The average molecular weight is 484 g/mol. The molecule has 2 fully saturated rings. The second kappa shape index (κ2) is 9.15. The molecule has 182 valence electrons. The predicted octanol–water partition coefficient (Wildman–Crippen LogP) is 4.49. The molecule has 1 saturated carbocycles. The van der Waals surface area contributed by atoms with Crippen LogP contribution in [0.1, 0.15) is 46.7 Å². The minimum absolute atomic E-state index is 0.107. The van der Waals surface area contributed by atoms with Crippen molar-refractivity contribution in [3.05, 3.63) is 77.1 Å². The summed E-state index contributed by atoms with van der Waals surface area (Å²) in [5.41, 5.74) is 3.29. The van der Waals surface area contributed by atoms with Gasteiger partial charge in [-0.3, -0.25) is 14.6 Å². The molecular weight excluding hydrogens is 457 g/mol. The van der Waals surface area contributed by atoms with Crippen molar-refractivity contribution in [2.45, 2.75) is 39.7 Å². The number of hydrogen-bond acceptors (Lipinski definition) is 5. The third-order valence-corrected chi connectivity index (χ3v) is 6.97. The SMILES string of the molecule is Cc1ccc(-c2cc(F)cc(CNC(=O)c3cc(N4CC[C@@](C#N)(C5CC5)C4=O)cc(C)n3)c2)cn1. The standard InChI is InChI=1S/C28H26FN5O2/c1-17-3-4-20(15-31-17)21-10-19(11-23(29)12-21)14-32-26(35)25-13-24(9-18(2)33-25)34-8-7-28(16-30,27(34)36)22-5-6-22/h3-4,9-13,15,22H,5-8,14H2,1-2H3,(H,32,35)/t28-/m1/s1. The summed E-state index contributed by atoms with van der Waals surface area (Å²) in [6.07, 6.45) is 3.99. The van der Waals surface area contributed by atoms with Gasteiger partial charge in [0.2, 0.25) is 5.91 Å². The van der Waals surface area contributed by atoms with E-state index in [1.165, 1.54) is 12.1 Å². The number of halogens is 1. The molecule has 2 aliphatic rings. The van der Waals surface area contributed by atoms with Gasteiger partial charge in [-0.1, -0.05) is 6.07 Å². The molecule has 1 aliphatic carbocycles.